The molecule has 0 nitrogen and oxygen atoms in total. The van der Waals surface area contributed by atoms with Gasteiger partial charge in [0.25, 0.3) is 0 Å². The molecule has 0 N–H and O–H groups in total. The molecule has 0 aromatic heterocycles. The summed E-state index contributed by atoms with van der Waals surface area (Å²) in [6, 6.07) is 0. The SMILES string of the molecule is [Br][Pd][Br].[K]. The maximum atomic E-state index is 3.11. The second-order valence-electron chi connectivity index (χ2n) is 0.0452. The molecule has 0 rings (SSSR count). The van der Waals surface area contributed by atoms with E-state index in [4.69, 9.17) is 0 Å². The van der Waals surface area contributed by atoms with E-state index in [0.717, 1.165) is 0 Å². The van der Waals surface area contributed by atoms with E-state index in [9.17, 15) is 0 Å². The average molecular weight is 305 g/mol. The molecule has 0 heterocycles. The van der Waals surface area contributed by atoms with Crippen molar-refractivity contribution in [2.24, 2.45) is 0 Å². The van der Waals surface area contributed by atoms with Gasteiger partial charge in [-0.1, -0.05) is 0 Å². The van der Waals surface area contributed by atoms with Crippen molar-refractivity contribution < 1.29 is 13.9 Å². The van der Waals surface area contributed by atoms with Crippen molar-refractivity contribution in [1.82, 2.24) is 0 Å². The third-order valence-electron chi connectivity index (χ3n) is 0. The summed E-state index contributed by atoms with van der Waals surface area (Å²) in [5.74, 6) is 0. The molecule has 0 fully saturated rings. The van der Waals surface area contributed by atoms with E-state index in [-0.39, 0.29) is 51.4 Å². The van der Waals surface area contributed by atoms with Crippen LogP contribution in [0.3, 0.4) is 0 Å². The van der Waals surface area contributed by atoms with Crippen molar-refractivity contribution in [2.75, 3.05) is 0 Å². The first-order valence-corrected chi connectivity index (χ1v) is 7.35. The van der Waals surface area contributed by atoms with Gasteiger partial charge in [0, 0.05) is 51.4 Å². The van der Waals surface area contributed by atoms with Crippen LogP contribution >= 0.6 is 26.9 Å². The van der Waals surface area contributed by atoms with Crippen LogP contribution in [-0.2, 0) is 13.9 Å². The second-order valence-corrected chi connectivity index (χ2v) is 7.22. The zero-order valence-electron chi connectivity index (χ0n) is 2.07. The summed E-state index contributed by atoms with van der Waals surface area (Å²) in [5.41, 5.74) is 0. The van der Waals surface area contributed by atoms with Crippen molar-refractivity contribution in [3.8, 4) is 0 Å². The molecule has 1 radical (unpaired) electrons. The molecule has 0 aliphatic rings. The largest absolute Gasteiger partial charge is 0 e. The van der Waals surface area contributed by atoms with E-state index >= 15 is 0 Å². The summed E-state index contributed by atoms with van der Waals surface area (Å²) in [4.78, 5) is 0. The van der Waals surface area contributed by atoms with Crippen LogP contribution in [0.4, 0.5) is 0 Å². The smallest absolute Gasteiger partial charge is 0 e. The standard InChI is InChI=1S/2BrH.K.Pd/h2*1H;;/q;;;+2/p-2. The molecule has 25 valence electrons. The molecule has 0 amide bonds. The summed E-state index contributed by atoms with van der Waals surface area (Å²) in [7, 11) is 0. The van der Waals surface area contributed by atoms with Crippen LogP contribution in [0.5, 0.6) is 0 Å². The third-order valence-corrected chi connectivity index (χ3v) is 0. The molecular weight excluding hydrogens is 305 g/mol. The van der Waals surface area contributed by atoms with Crippen molar-refractivity contribution in [1.29, 1.82) is 0 Å². The minimum Gasteiger partial charge on any atom is 0 e. The molecule has 0 aromatic carbocycles. The molecule has 0 bridgehead atoms. The molecule has 0 aliphatic heterocycles. The van der Waals surface area contributed by atoms with Gasteiger partial charge in [-0.2, -0.15) is 0 Å². The number of rotatable bonds is 0. The second kappa shape index (κ2) is 9.54. The van der Waals surface area contributed by atoms with Gasteiger partial charge in [-0.25, -0.2) is 0 Å². The first-order valence-electron chi connectivity index (χ1n) is 0.239. The minimum absolute atomic E-state index is 0. The molecule has 0 aromatic rings. The molecule has 0 aliphatic carbocycles. The van der Waals surface area contributed by atoms with Crippen LogP contribution < -0.4 is 0 Å². The van der Waals surface area contributed by atoms with Gasteiger partial charge < -0.3 is 0 Å². The fourth-order valence-corrected chi connectivity index (χ4v) is 0. The van der Waals surface area contributed by atoms with E-state index in [1.54, 1.807) is 0 Å². The predicted molar refractivity (Wildman–Crippen MR) is 23.6 cm³/mol. The van der Waals surface area contributed by atoms with Crippen LogP contribution in [0, 0.1) is 0 Å². The Labute approximate surface area is 89.5 Å². The van der Waals surface area contributed by atoms with Gasteiger partial charge in [0.15, 0.2) is 0 Å². The molecule has 0 unspecified atom stereocenters. The zero-order valence-corrected chi connectivity index (χ0v) is 9.92. The summed E-state index contributed by atoms with van der Waals surface area (Å²) < 4.78 is 0. The van der Waals surface area contributed by atoms with Crippen molar-refractivity contribution in [3.05, 3.63) is 0 Å². The normalized spacial score (nSPS) is 5.50. The molecule has 0 atom stereocenters. The molecule has 0 saturated heterocycles. The monoisotopic (exact) mass is 303 g/mol. The Morgan fingerprint density at radius 3 is 1.25 bits per heavy atom. The van der Waals surface area contributed by atoms with Gasteiger partial charge in [-0.05, 0) is 0 Å². The summed E-state index contributed by atoms with van der Waals surface area (Å²) in [6.07, 6.45) is 0. The van der Waals surface area contributed by atoms with Crippen LogP contribution in [0.1, 0.15) is 0 Å². The topological polar surface area (TPSA) is 0 Å². The van der Waals surface area contributed by atoms with E-state index in [1.807, 2.05) is 0 Å². The van der Waals surface area contributed by atoms with Gasteiger partial charge >= 0.3 is 40.8 Å². The third kappa shape index (κ3) is 8.98. The minimum atomic E-state index is 0. The predicted octanol–water partition coefficient (Wildman–Crippen LogP) is 1.31. The first-order chi connectivity index (χ1) is 1.41. The van der Waals surface area contributed by atoms with E-state index < -0.39 is 0 Å². The molecule has 4 heavy (non-hydrogen) atoms. The number of hydrogen-bond donors (Lipinski definition) is 0. The van der Waals surface area contributed by atoms with Crippen LogP contribution in [0.2, 0.25) is 0 Å². The Morgan fingerprint density at radius 2 is 1.25 bits per heavy atom. The fraction of sp³-hybridized carbons (Fsp3) is 0. The van der Waals surface area contributed by atoms with Crippen molar-refractivity contribution in [3.63, 3.8) is 0 Å². The Hall–Kier alpha value is 3.26. The molecule has 4 heteroatoms. The number of halogens is 2. The van der Waals surface area contributed by atoms with Gasteiger partial charge in [0.1, 0.15) is 0 Å². The first kappa shape index (κ1) is 10.3. The van der Waals surface area contributed by atoms with E-state index in [2.05, 4.69) is 26.9 Å². The molecule has 0 spiro atoms. The summed E-state index contributed by atoms with van der Waals surface area (Å²) >= 11 is 6.80. The van der Waals surface area contributed by atoms with Crippen LogP contribution in [0.25, 0.3) is 0 Å². The Kier molecular flexibility index (Phi) is 24.5. The van der Waals surface area contributed by atoms with Crippen molar-refractivity contribution >= 4 is 78.2 Å². The van der Waals surface area contributed by atoms with E-state index in [0.29, 0.717) is 13.9 Å². The maximum Gasteiger partial charge on any atom is 0 e. The zero-order chi connectivity index (χ0) is 2.71. The maximum absolute atomic E-state index is 3.11. The quantitative estimate of drug-likeness (QED) is 0.592. The van der Waals surface area contributed by atoms with Gasteiger partial charge in [-0.3, -0.25) is 0 Å². The van der Waals surface area contributed by atoms with Gasteiger partial charge in [-0.15, -0.1) is 0 Å². The average Bonchev–Trinajstić information content (AvgIpc) is 0.918. The van der Waals surface area contributed by atoms with Crippen molar-refractivity contribution in [2.45, 2.75) is 0 Å². The van der Waals surface area contributed by atoms with Crippen LogP contribution in [0.15, 0.2) is 0 Å². The Morgan fingerprint density at radius 1 is 1.25 bits per heavy atom. The summed E-state index contributed by atoms with van der Waals surface area (Å²) in [6.45, 7) is 0. The Balaban J connectivity index is 0. The Bertz CT molecular complexity index is 6.00. The van der Waals surface area contributed by atoms with Crippen LogP contribution in [-0.4, -0.2) is 51.4 Å². The summed E-state index contributed by atoms with van der Waals surface area (Å²) in [5, 5.41) is 0. The number of hydrogen-bond acceptors (Lipinski definition) is 0. The fourth-order valence-electron chi connectivity index (χ4n) is 0. The van der Waals surface area contributed by atoms with E-state index in [1.165, 1.54) is 0 Å². The molecule has 0 saturated carbocycles. The molecular formula is Br2KPd. The van der Waals surface area contributed by atoms with Gasteiger partial charge in [0.05, 0.1) is 0 Å². The van der Waals surface area contributed by atoms with Gasteiger partial charge in [0.2, 0.25) is 0 Å².